The largest absolute Gasteiger partial charge is 0.0585 e. The molecule has 0 nitrogen and oxygen atoms in total. The summed E-state index contributed by atoms with van der Waals surface area (Å²) in [5.74, 6) is 0. The molecule has 0 unspecified atom stereocenters. The zero-order chi connectivity index (χ0) is 35.7. The van der Waals surface area contributed by atoms with Crippen LogP contribution < -0.4 is 10.6 Å². The van der Waals surface area contributed by atoms with Gasteiger partial charge in [0.25, 0.3) is 0 Å². The summed E-state index contributed by atoms with van der Waals surface area (Å²) in [5, 5.41) is 3.12. The first-order valence-corrected chi connectivity index (χ1v) is 20.2. The lowest BCUT2D eigenvalue weighted by Gasteiger charge is -2.33. The lowest BCUT2D eigenvalue weighted by molar-refractivity contribution is 0.553. The molecule has 3 aromatic rings. The third kappa shape index (κ3) is 8.29. The highest BCUT2D eigenvalue weighted by atomic mass is 31.1. The van der Waals surface area contributed by atoms with Crippen LogP contribution in [-0.4, -0.2) is 0 Å². The standard InChI is InChI=1S/C45H68P2/c1-40(2,3)28-24-32(42(7,8)9)38(33(25-28)43(10,11)12)46-36-30-22-20-19-21-23-31(30)37(36)47-39-34(44(13,14)15)26-29(41(4,5)6)27-35(39)45(16,17)18/h24-27H,19-23H2,1-18H3. The molecule has 258 valence electrons. The highest BCUT2D eigenvalue weighted by Gasteiger charge is 2.31. The first-order chi connectivity index (χ1) is 21.1. The van der Waals surface area contributed by atoms with Crippen molar-refractivity contribution in [1.29, 1.82) is 0 Å². The van der Waals surface area contributed by atoms with Gasteiger partial charge in [0, 0.05) is 20.5 Å². The van der Waals surface area contributed by atoms with E-state index in [2.05, 4.69) is 149 Å². The summed E-state index contributed by atoms with van der Waals surface area (Å²) in [4.78, 5) is 3.28. The van der Waals surface area contributed by atoms with Crippen molar-refractivity contribution in [2.24, 2.45) is 0 Å². The quantitative estimate of drug-likeness (QED) is 0.188. The minimum absolute atomic E-state index is 0.0635. The van der Waals surface area contributed by atoms with Gasteiger partial charge in [-0.15, -0.1) is 0 Å². The Hall–Kier alpha value is -1.48. The first-order valence-electron chi connectivity index (χ1n) is 18.4. The number of rotatable bonds is 2. The smallest absolute Gasteiger partial charge is 0.0180 e. The second-order valence-corrected chi connectivity index (χ2v) is 23.0. The molecule has 4 rings (SSSR count). The van der Waals surface area contributed by atoms with E-state index in [1.54, 1.807) is 31.6 Å². The zero-order valence-corrected chi connectivity index (χ0v) is 35.5. The minimum Gasteiger partial charge on any atom is -0.0585 e. The molecule has 47 heavy (non-hydrogen) atoms. The fourth-order valence-corrected chi connectivity index (χ4v) is 11.0. The van der Waals surface area contributed by atoms with Gasteiger partial charge in [0.05, 0.1) is 0 Å². The maximum Gasteiger partial charge on any atom is 0.0180 e. The lowest BCUT2D eigenvalue weighted by Crippen LogP contribution is -2.30. The summed E-state index contributed by atoms with van der Waals surface area (Å²) in [5.41, 5.74) is 12.9. The van der Waals surface area contributed by atoms with Crippen LogP contribution in [0.5, 0.6) is 0 Å². The van der Waals surface area contributed by atoms with Gasteiger partial charge in [-0.05, 0) is 103 Å². The van der Waals surface area contributed by atoms with Gasteiger partial charge < -0.3 is 0 Å². The predicted octanol–water partition coefficient (Wildman–Crippen LogP) is 13.2. The highest BCUT2D eigenvalue weighted by Crippen LogP contribution is 2.41. The van der Waals surface area contributed by atoms with E-state index in [-0.39, 0.29) is 32.5 Å². The molecule has 0 spiro atoms. The highest BCUT2D eigenvalue weighted by molar-refractivity contribution is 7.42. The van der Waals surface area contributed by atoms with Crippen LogP contribution >= 0.6 is 16.4 Å². The van der Waals surface area contributed by atoms with E-state index in [9.17, 15) is 0 Å². The van der Waals surface area contributed by atoms with Gasteiger partial charge in [0.1, 0.15) is 0 Å². The van der Waals surface area contributed by atoms with Gasteiger partial charge in [0.2, 0.25) is 0 Å². The van der Waals surface area contributed by atoms with Crippen LogP contribution in [0.15, 0.2) is 24.3 Å². The van der Waals surface area contributed by atoms with Gasteiger partial charge in [-0.2, -0.15) is 0 Å². The Kier molecular flexibility index (Phi) is 10.3. The molecular weight excluding hydrogens is 602 g/mol. The van der Waals surface area contributed by atoms with Gasteiger partial charge in [-0.25, -0.2) is 0 Å². The van der Waals surface area contributed by atoms with Crippen molar-refractivity contribution >= 4 is 27.0 Å². The molecule has 0 radical (unpaired) electrons. The number of hydrogen-bond acceptors (Lipinski definition) is 0. The van der Waals surface area contributed by atoms with Crippen molar-refractivity contribution in [2.75, 3.05) is 0 Å². The molecule has 1 aliphatic carbocycles. The predicted molar refractivity (Wildman–Crippen MR) is 215 cm³/mol. The molecule has 0 amide bonds. The summed E-state index contributed by atoms with van der Waals surface area (Å²) < 4.78 is 0. The second-order valence-electron chi connectivity index (χ2n) is 20.8. The van der Waals surface area contributed by atoms with Crippen LogP contribution in [0.3, 0.4) is 0 Å². The van der Waals surface area contributed by atoms with Crippen LogP contribution in [0.4, 0.5) is 0 Å². The summed E-state index contributed by atoms with van der Waals surface area (Å²) in [6.07, 6.45) is 6.48. The first kappa shape index (κ1) is 38.3. The van der Waals surface area contributed by atoms with E-state index in [1.165, 1.54) is 81.9 Å². The van der Waals surface area contributed by atoms with Gasteiger partial charge in [-0.1, -0.05) is 172 Å². The maximum absolute atomic E-state index is 2.57. The van der Waals surface area contributed by atoms with Crippen molar-refractivity contribution in [3.8, 4) is 0 Å². The van der Waals surface area contributed by atoms with E-state index in [0.717, 1.165) is 0 Å². The van der Waals surface area contributed by atoms with Crippen LogP contribution in [0.1, 0.15) is 188 Å². The third-order valence-electron chi connectivity index (χ3n) is 10.1. The molecule has 0 heterocycles. The van der Waals surface area contributed by atoms with Crippen molar-refractivity contribution < 1.29 is 0 Å². The Morgan fingerprint density at radius 3 is 0.830 bits per heavy atom. The van der Waals surface area contributed by atoms with E-state index in [4.69, 9.17) is 0 Å². The number of fused-ring (bicyclic) bond motifs is 1. The molecule has 2 heteroatoms. The summed E-state index contributed by atoms with van der Waals surface area (Å²) >= 11 is 0. The molecule has 0 fully saturated rings. The molecule has 0 aliphatic heterocycles. The van der Waals surface area contributed by atoms with Crippen molar-refractivity contribution in [3.63, 3.8) is 0 Å². The molecular formula is C45H68P2. The second kappa shape index (κ2) is 12.7. The molecule has 0 saturated heterocycles. The average Bonchev–Trinajstić information content (AvgIpc) is 3.09. The summed E-state index contributed by atoms with van der Waals surface area (Å²) in [7, 11) is 2.83. The molecule has 0 saturated carbocycles. The minimum atomic E-state index is 0.0635. The summed E-state index contributed by atoms with van der Waals surface area (Å²) in [6.45, 7) is 43.3. The van der Waals surface area contributed by atoms with Crippen molar-refractivity contribution in [2.45, 2.75) is 189 Å². The molecule has 1 aliphatic rings. The van der Waals surface area contributed by atoms with Crippen LogP contribution in [-0.2, 0) is 45.3 Å². The zero-order valence-electron chi connectivity index (χ0n) is 33.7. The fraction of sp³-hybridized carbons (Fsp3) is 0.644. The van der Waals surface area contributed by atoms with Gasteiger partial charge in [-0.3, -0.25) is 0 Å². The van der Waals surface area contributed by atoms with Crippen molar-refractivity contribution in [1.82, 2.24) is 0 Å². The van der Waals surface area contributed by atoms with Crippen LogP contribution in [0.25, 0.3) is 0 Å². The lowest BCUT2D eigenvalue weighted by atomic mass is 9.75. The Labute approximate surface area is 293 Å². The Morgan fingerprint density at radius 2 is 0.617 bits per heavy atom. The van der Waals surface area contributed by atoms with Gasteiger partial charge in [0.15, 0.2) is 0 Å². The number of benzene rings is 2. The molecule has 0 aromatic heterocycles. The molecule has 3 aromatic carbocycles. The normalized spacial score (nSPS) is 16.6. The summed E-state index contributed by atoms with van der Waals surface area (Å²) in [6, 6.07) is 10.3. The van der Waals surface area contributed by atoms with E-state index >= 15 is 0 Å². The Balaban J connectivity index is 2.23. The van der Waals surface area contributed by atoms with Crippen molar-refractivity contribution in [3.05, 3.63) is 78.7 Å². The van der Waals surface area contributed by atoms with Crippen LogP contribution in [0.2, 0.25) is 0 Å². The van der Waals surface area contributed by atoms with Gasteiger partial charge >= 0.3 is 0 Å². The van der Waals surface area contributed by atoms with E-state index in [0.29, 0.717) is 0 Å². The third-order valence-corrected chi connectivity index (χ3v) is 13.2. The molecule has 0 bridgehead atoms. The maximum atomic E-state index is 2.57. The monoisotopic (exact) mass is 670 g/mol. The Bertz CT molecular complexity index is 1520. The Morgan fingerprint density at radius 1 is 0.362 bits per heavy atom. The van der Waals surface area contributed by atoms with E-state index in [1.807, 2.05) is 0 Å². The SMILES string of the molecule is CC(C)(C)c1cc(C(C)(C)C)c(P=c2c3c(c2=Pc2c(C(C)(C)C)cc(C(C)(C)C)cc2C(C)(C)C)CCCCC3)c(C(C)(C)C)c1. The number of hydrogen-bond donors (Lipinski definition) is 0. The van der Waals surface area contributed by atoms with E-state index < -0.39 is 0 Å². The molecule has 0 atom stereocenters. The average molecular weight is 671 g/mol. The topological polar surface area (TPSA) is 0 Å². The van der Waals surface area contributed by atoms with Crippen LogP contribution in [0, 0.1) is 9.88 Å². The fourth-order valence-electron chi connectivity index (χ4n) is 6.96. The molecule has 0 N–H and O–H groups in total.